The monoisotopic (exact) mass is 408 g/mol. The third-order valence-corrected chi connectivity index (χ3v) is 4.08. The normalized spacial score (nSPS) is 11.4. The van der Waals surface area contributed by atoms with Crippen LogP contribution in [0.3, 0.4) is 0 Å². The molecule has 0 aliphatic heterocycles. The number of aromatic nitrogens is 2. The van der Waals surface area contributed by atoms with Gasteiger partial charge in [0, 0.05) is 24.2 Å². The molecule has 0 aliphatic rings. The van der Waals surface area contributed by atoms with Gasteiger partial charge in [0.15, 0.2) is 0 Å². The number of carbonyl (C=O) groups excluding carboxylic acids is 1. The van der Waals surface area contributed by atoms with Gasteiger partial charge in [0.1, 0.15) is 5.82 Å². The highest BCUT2D eigenvalue weighted by Crippen LogP contribution is 2.30. The lowest BCUT2D eigenvalue weighted by Crippen LogP contribution is -2.27. The Hall–Kier alpha value is -3.43. The van der Waals surface area contributed by atoms with Gasteiger partial charge in [0.25, 0.3) is 0 Å². The van der Waals surface area contributed by atoms with E-state index >= 15 is 0 Å². The van der Waals surface area contributed by atoms with Crippen molar-refractivity contribution in [3.63, 3.8) is 0 Å². The Balaban J connectivity index is 1.78. The van der Waals surface area contributed by atoms with Crippen molar-refractivity contribution in [2.75, 3.05) is 11.4 Å². The van der Waals surface area contributed by atoms with Gasteiger partial charge in [0.05, 0.1) is 12.1 Å². The molecule has 0 unspecified atom stereocenters. The molecule has 152 valence electrons. The van der Waals surface area contributed by atoms with Crippen LogP contribution in [0.1, 0.15) is 17.9 Å². The van der Waals surface area contributed by atoms with Crippen LogP contribution >= 0.6 is 0 Å². The second-order valence-corrected chi connectivity index (χ2v) is 6.20. The highest BCUT2D eigenvalue weighted by molar-refractivity contribution is 5.74. The van der Waals surface area contributed by atoms with Gasteiger partial charge in [-0.3, -0.25) is 4.79 Å². The topological polar surface area (TPSA) is 85.3 Å². The van der Waals surface area contributed by atoms with Gasteiger partial charge in [-0.15, -0.1) is 0 Å². The van der Waals surface area contributed by atoms with E-state index in [0.717, 1.165) is 12.1 Å². The molecule has 2 aromatic carbocycles. The maximum Gasteiger partial charge on any atom is 0.416 e. The zero-order valence-corrected chi connectivity index (χ0v) is 15.0. The Morgan fingerprint density at radius 1 is 1.07 bits per heavy atom. The van der Waals surface area contributed by atoms with E-state index in [1.807, 2.05) is 0 Å². The molecule has 3 aromatic rings. The van der Waals surface area contributed by atoms with Gasteiger partial charge in [-0.2, -0.15) is 18.2 Å². The fourth-order valence-corrected chi connectivity index (χ4v) is 2.60. The van der Waals surface area contributed by atoms with Crippen LogP contribution in [0.15, 0.2) is 53.1 Å². The van der Waals surface area contributed by atoms with Crippen molar-refractivity contribution in [2.45, 2.75) is 19.1 Å². The largest absolute Gasteiger partial charge is 0.416 e. The third-order valence-electron chi connectivity index (χ3n) is 4.08. The second kappa shape index (κ2) is 8.29. The molecule has 0 spiro atoms. The van der Waals surface area contributed by atoms with Gasteiger partial charge in [0.2, 0.25) is 17.6 Å². The van der Waals surface area contributed by atoms with Crippen molar-refractivity contribution in [1.29, 1.82) is 0 Å². The molecular weight excluding hydrogens is 392 g/mol. The van der Waals surface area contributed by atoms with E-state index in [1.165, 1.54) is 36.4 Å². The average molecular weight is 408 g/mol. The fraction of sp³-hybridized carbons (Fsp3) is 0.211. The smallest absolute Gasteiger partial charge is 0.370 e. The first-order valence-corrected chi connectivity index (χ1v) is 8.51. The van der Waals surface area contributed by atoms with E-state index in [4.69, 9.17) is 10.3 Å². The van der Waals surface area contributed by atoms with Crippen LogP contribution < -0.4 is 10.6 Å². The van der Waals surface area contributed by atoms with Crippen LogP contribution in [-0.2, 0) is 17.5 Å². The molecule has 6 nitrogen and oxygen atoms in total. The van der Waals surface area contributed by atoms with Crippen molar-refractivity contribution in [2.24, 2.45) is 5.73 Å². The van der Waals surface area contributed by atoms with E-state index in [2.05, 4.69) is 10.1 Å². The van der Waals surface area contributed by atoms with Crippen LogP contribution in [0.2, 0.25) is 0 Å². The Morgan fingerprint density at radius 2 is 1.72 bits per heavy atom. The molecule has 1 aromatic heterocycles. The molecule has 0 saturated carbocycles. The average Bonchev–Trinajstić information content (AvgIpc) is 3.14. The van der Waals surface area contributed by atoms with Crippen LogP contribution in [-0.4, -0.2) is 22.6 Å². The SMILES string of the molecule is NC(=O)CCN(Cc1nc(-c2ccc(C(F)(F)F)cc2)no1)c1ccc(F)cc1. The summed E-state index contributed by atoms with van der Waals surface area (Å²) >= 11 is 0. The first-order chi connectivity index (χ1) is 13.7. The van der Waals surface area contributed by atoms with Crippen molar-refractivity contribution >= 4 is 11.6 Å². The van der Waals surface area contributed by atoms with Crippen molar-refractivity contribution in [1.82, 2.24) is 10.1 Å². The number of hydrogen-bond acceptors (Lipinski definition) is 5. The molecule has 10 heteroatoms. The minimum atomic E-state index is -4.43. The van der Waals surface area contributed by atoms with Gasteiger partial charge >= 0.3 is 6.18 Å². The van der Waals surface area contributed by atoms with Crippen LogP contribution in [0.4, 0.5) is 23.2 Å². The zero-order valence-electron chi connectivity index (χ0n) is 15.0. The molecule has 0 atom stereocenters. The molecule has 1 heterocycles. The predicted molar refractivity (Wildman–Crippen MR) is 96.0 cm³/mol. The quantitative estimate of drug-likeness (QED) is 0.602. The number of carbonyl (C=O) groups is 1. The first-order valence-electron chi connectivity index (χ1n) is 8.51. The third kappa shape index (κ3) is 5.31. The summed E-state index contributed by atoms with van der Waals surface area (Å²) in [5.41, 5.74) is 5.40. The van der Waals surface area contributed by atoms with Crippen LogP contribution in [0, 0.1) is 5.82 Å². The summed E-state index contributed by atoms with van der Waals surface area (Å²) in [5.74, 6) is -0.615. The number of halogens is 4. The maximum atomic E-state index is 13.2. The van der Waals surface area contributed by atoms with E-state index in [0.29, 0.717) is 11.3 Å². The lowest BCUT2D eigenvalue weighted by atomic mass is 10.1. The molecule has 0 aliphatic carbocycles. The Kier molecular flexibility index (Phi) is 5.81. The van der Waals surface area contributed by atoms with Gasteiger partial charge in [-0.1, -0.05) is 17.3 Å². The number of nitrogens with zero attached hydrogens (tertiary/aromatic N) is 3. The molecule has 0 fully saturated rings. The van der Waals surface area contributed by atoms with Crippen LogP contribution in [0.25, 0.3) is 11.4 Å². The molecule has 0 radical (unpaired) electrons. The number of anilines is 1. The standard InChI is InChI=1S/C19H16F4N4O2/c20-14-5-7-15(8-6-14)27(10-9-16(24)28)11-17-25-18(26-29-17)12-1-3-13(4-2-12)19(21,22)23/h1-8H,9-11H2,(H2,24,28). The minimum Gasteiger partial charge on any atom is -0.370 e. The number of rotatable bonds is 7. The zero-order chi connectivity index (χ0) is 21.0. The maximum absolute atomic E-state index is 13.2. The van der Waals surface area contributed by atoms with Crippen molar-refractivity contribution < 1.29 is 26.9 Å². The summed E-state index contributed by atoms with van der Waals surface area (Å²) in [6.07, 6.45) is -4.38. The summed E-state index contributed by atoms with van der Waals surface area (Å²) in [4.78, 5) is 17.0. The number of amides is 1. The summed E-state index contributed by atoms with van der Waals surface area (Å²) in [7, 11) is 0. The van der Waals surface area contributed by atoms with E-state index in [-0.39, 0.29) is 31.2 Å². The van der Waals surface area contributed by atoms with Crippen molar-refractivity contribution in [3.8, 4) is 11.4 Å². The lowest BCUT2D eigenvalue weighted by Gasteiger charge is -2.22. The number of benzene rings is 2. The number of alkyl halides is 3. The first kappa shape index (κ1) is 20.3. The summed E-state index contributed by atoms with van der Waals surface area (Å²) in [5, 5.41) is 3.79. The van der Waals surface area contributed by atoms with E-state index in [9.17, 15) is 22.4 Å². The van der Waals surface area contributed by atoms with Gasteiger partial charge in [-0.25, -0.2) is 4.39 Å². The Bertz CT molecular complexity index is 969. The summed E-state index contributed by atoms with van der Waals surface area (Å²) in [6.45, 7) is 0.339. The van der Waals surface area contributed by atoms with Gasteiger partial charge < -0.3 is 15.2 Å². The second-order valence-electron chi connectivity index (χ2n) is 6.20. The number of primary amides is 1. The van der Waals surface area contributed by atoms with E-state index in [1.54, 1.807) is 4.90 Å². The summed E-state index contributed by atoms with van der Waals surface area (Å²) < 4.78 is 56.4. The van der Waals surface area contributed by atoms with Gasteiger partial charge in [-0.05, 0) is 36.4 Å². The minimum absolute atomic E-state index is 0.0529. The molecule has 0 bridgehead atoms. The van der Waals surface area contributed by atoms with E-state index < -0.39 is 23.5 Å². The molecule has 2 N–H and O–H groups in total. The highest BCUT2D eigenvalue weighted by atomic mass is 19.4. The molecular formula is C19H16F4N4O2. The molecule has 29 heavy (non-hydrogen) atoms. The Labute approximate surface area is 162 Å². The van der Waals surface area contributed by atoms with Crippen molar-refractivity contribution in [3.05, 3.63) is 65.8 Å². The lowest BCUT2D eigenvalue weighted by molar-refractivity contribution is -0.137. The number of nitrogens with two attached hydrogens (primary N) is 1. The molecule has 0 saturated heterocycles. The predicted octanol–water partition coefficient (Wildman–Crippen LogP) is 3.78. The summed E-state index contributed by atoms with van der Waals surface area (Å²) in [6, 6.07) is 9.98. The van der Waals surface area contributed by atoms with Crippen LogP contribution in [0.5, 0.6) is 0 Å². The highest BCUT2D eigenvalue weighted by Gasteiger charge is 2.30. The number of hydrogen-bond donors (Lipinski definition) is 1. The molecule has 1 amide bonds. The molecule has 3 rings (SSSR count). The Morgan fingerprint density at radius 3 is 2.31 bits per heavy atom. The fourth-order valence-electron chi connectivity index (χ4n) is 2.60.